The lowest BCUT2D eigenvalue weighted by Crippen LogP contribution is -2.53. The van der Waals surface area contributed by atoms with Gasteiger partial charge in [-0.25, -0.2) is 4.98 Å². The molecule has 9 nitrogen and oxygen atoms in total. The van der Waals surface area contributed by atoms with E-state index in [1.165, 1.54) is 18.4 Å². The van der Waals surface area contributed by atoms with Gasteiger partial charge in [-0.15, -0.1) is 11.3 Å². The highest BCUT2D eigenvalue weighted by molar-refractivity contribution is 7.07. The lowest BCUT2D eigenvalue weighted by molar-refractivity contribution is -0.151. The predicted octanol–water partition coefficient (Wildman–Crippen LogP) is 2.34. The second kappa shape index (κ2) is 9.03. The van der Waals surface area contributed by atoms with Gasteiger partial charge in [0.15, 0.2) is 0 Å². The van der Waals surface area contributed by atoms with Crippen molar-refractivity contribution in [1.82, 2.24) is 9.88 Å². The van der Waals surface area contributed by atoms with Crippen LogP contribution in [0.25, 0.3) is 0 Å². The van der Waals surface area contributed by atoms with Gasteiger partial charge in [0.05, 0.1) is 36.8 Å². The standard InChI is InChI=1S/C21H23N3O6S/c1-24-16-5-4-13(8-19(25)28-2)30-18(16)9-29-17-6-3-12(7-14(17)21(24)27)23-20(26)15-10-31-11-22-15/h3,6-7,10-11,13,16,18H,4-5,8-9H2,1-2H3,(H,23,26)/t13-,16-,18+/m0/s1. The molecule has 1 saturated heterocycles. The lowest BCUT2D eigenvalue weighted by atomic mass is 9.94. The summed E-state index contributed by atoms with van der Waals surface area (Å²) in [5, 5.41) is 4.42. The van der Waals surface area contributed by atoms with Crippen molar-refractivity contribution in [3.8, 4) is 5.75 Å². The van der Waals surface area contributed by atoms with E-state index < -0.39 is 0 Å². The number of esters is 1. The first-order chi connectivity index (χ1) is 15.0. The van der Waals surface area contributed by atoms with Gasteiger partial charge in [0.2, 0.25) is 0 Å². The molecule has 1 fully saturated rings. The monoisotopic (exact) mass is 445 g/mol. The molecule has 0 unspecified atom stereocenters. The number of likely N-dealkylation sites (N-methyl/N-ethyl adjacent to an activating group) is 1. The fourth-order valence-electron chi connectivity index (χ4n) is 3.89. The topological polar surface area (TPSA) is 107 Å². The van der Waals surface area contributed by atoms with Crippen molar-refractivity contribution in [2.45, 2.75) is 37.5 Å². The second-order valence-corrected chi connectivity index (χ2v) is 8.21. The number of aromatic nitrogens is 1. The summed E-state index contributed by atoms with van der Waals surface area (Å²) in [4.78, 5) is 42.7. The van der Waals surface area contributed by atoms with E-state index in [2.05, 4.69) is 10.3 Å². The number of nitrogens with zero attached hydrogens (tertiary/aromatic N) is 2. The average Bonchev–Trinajstić information content (AvgIpc) is 3.32. The van der Waals surface area contributed by atoms with Gasteiger partial charge in [-0.3, -0.25) is 14.4 Å². The highest BCUT2D eigenvalue weighted by Gasteiger charge is 2.39. The Bertz CT molecular complexity index is 979. The number of carbonyl (C=O) groups is 3. The van der Waals surface area contributed by atoms with Crippen LogP contribution in [0, 0.1) is 0 Å². The van der Waals surface area contributed by atoms with E-state index in [0.29, 0.717) is 35.5 Å². The van der Waals surface area contributed by atoms with E-state index in [-0.39, 0.29) is 49.1 Å². The van der Waals surface area contributed by atoms with Crippen LogP contribution in [-0.2, 0) is 14.3 Å². The summed E-state index contributed by atoms with van der Waals surface area (Å²) >= 11 is 1.33. The van der Waals surface area contributed by atoms with Crippen molar-refractivity contribution < 1.29 is 28.6 Å². The Morgan fingerprint density at radius 2 is 2.19 bits per heavy atom. The molecule has 31 heavy (non-hydrogen) atoms. The van der Waals surface area contributed by atoms with Crippen LogP contribution in [-0.4, -0.2) is 66.7 Å². The second-order valence-electron chi connectivity index (χ2n) is 7.49. The number of hydrogen-bond acceptors (Lipinski definition) is 8. The highest BCUT2D eigenvalue weighted by Crippen LogP contribution is 2.32. The number of amides is 2. The summed E-state index contributed by atoms with van der Waals surface area (Å²) in [5.41, 5.74) is 2.76. The molecular weight excluding hydrogens is 422 g/mol. The Labute approximate surface area is 183 Å². The van der Waals surface area contributed by atoms with Crippen molar-refractivity contribution in [3.63, 3.8) is 0 Å². The van der Waals surface area contributed by atoms with Gasteiger partial charge in [-0.05, 0) is 31.0 Å². The molecule has 1 aromatic heterocycles. The molecule has 10 heteroatoms. The molecule has 0 radical (unpaired) electrons. The predicted molar refractivity (Wildman–Crippen MR) is 112 cm³/mol. The number of carbonyl (C=O) groups excluding carboxylic acids is 3. The number of methoxy groups -OCH3 is 1. The van der Waals surface area contributed by atoms with Crippen LogP contribution in [0.2, 0.25) is 0 Å². The fourth-order valence-corrected chi connectivity index (χ4v) is 4.43. The molecule has 0 bridgehead atoms. The maximum Gasteiger partial charge on any atom is 0.308 e. The first-order valence-electron chi connectivity index (χ1n) is 9.92. The van der Waals surface area contributed by atoms with Crippen molar-refractivity contribution in [1.29, 1.82) is 0 Å². The first kappa shape index (κ1) is 21.3. The van der Waals surface area contributed by atoms with Gasteiger partial charge < -0.3 is 24.4 Å². The minimum Gasteiger partial charge on any atom is -0.490 e. The highest BCUT2D eigenvalue weighted by atomic mass is 32.1. The van der Waals surface area contributed by atoms with Gasteiger partial charge in [-0.2, -0.15) is 0 Å². The molecule has 3 atom stereocenters. The van der Waals surface area contributed by atoms with Crippen LogP contribution in [0.5, 0.6) is 5.75 Å². The quantitative estimate of drug-likeness (QED) is 0.720. The molecule has 0 saturated carbocycles. The summed E-state index contributed by atoms with van der Waals surface area (Å²) in [6.07, 6.45) is 0.895. The molecule has 0 aliphatic carbocycles. The van der Waals surface area contributed by atoms with Gasteiger partial charge >= 0.3 is 5.97 Å². The van der Waals surface area contributed by atoms with Crippen LogP contribution >= 0.6 is 11.3 Å². The van der Waals surface area contributed by atoms with Crippen LogP contribution < -0.4 is 10.1 Å². The van der Waals surface area contributed by atoms with Crippen molar-refractivity contribution in [2.24, 2.45) is 0 Å². The zero-order valence-electron chi connectivity index (χ0n) is 17.2. The van der Waals surface area contributed by atoms with Gasteiger partial charge in [0.25, 0.3) is 11.8 Å². The van der Waals surface area contributed by atoms with Crippen LogP contribution in [0.15, 0.2) is 29.1 Å². The third kappa shape index (κ3) is 4.54. The zero-order valence-corrected chi connectivity index (χ0v) is 18.0. The zero-order chi connectivity index (χ0) is 22.0. The minimum atomic E-state index is -0.352. The SMILES string of the molecule is COC(=O)C[C@@H]1CC[C@H]2[C@@H](COc3ccc(NC(=O)c4cscn4)cc3C(=O)N2C)O1. The summed E-state index contributed by atoms with van der Waals surface area (Å²) in [6, 6.07) is 4.77. The van der Waals surface area contributed by atoms with Gasteiger partial charge in [-0.1, -0.05) is 0 Å². The molecule has 0 spiro atoms. The molecule has 2 amide bonds. The number of rotatable bonds is 4. The number of thiazole rings is 1. The molecule has 1 aromatic carbocycles. The van der Waals surface area contributed by atoms with E-state index >= 15 is 0 Å². The van der Waals surface area contributed by atoms with Crippen molar-refractivity contribution in [3.05, 3.63) is 40.3 Å². The maximum absolute atomic E-state index is 13.2. The molecule has 164 valence electrons. The van der Waals surface area contributed by atoms with Crippen LogP contribution in [0.4, 0.5) is 5.69 Å². The number of nitrogens with one attached hydrogen (secondary N) is 1. The summed E-state index contributed by atoms with van der Waals surface area (Å²) in [7, 11) is 3.09. The van der Waals surface area contributed by atoms with E-state index in [1.54, 1.807) is 41.0 Å². The smallest absolute Gasteiger partial charge is 0.308 e. The number of fused-ring (bicyclic) bond motifs is 2. The normalized spacial score (nSPS) is 23.0. The Hall–Kier alpha value is -2.98. The number of benzene rings is 1. The summed E-state index contributed by atoms with van der Waals surface area (Å²) < 4.78 is 16.7. The largest absolute Gasteiger partial charge is 0.490 e. The summed E-state index contributed by atoms with van der Waals surface area (Å²) in [5.74, 6) is -0.464. The fraction of sp³-hybridized carbons (Fsp3) is 0.429. The molecule has 2 aromatic rings. The summed E-state index contributed by atoms with van der Waals surface area (Å²) in [6.45, 7) is 0.248. The van der Waals surface area contributed by atoms with Crippen molar-refractivity contribution in [2.75, 3.05) is 26.1 Å². The number of hydrogen-bond donors (Lipinski definition) is 1. The molecule has 2 aliphatic heterocycles. The third-order valence-electron chi connectivity index (χ3n) is 5.56. The van der Waals surface area contributed by atoms with E-state index in [4.69, 9.17) is 14.2 Å². The molecular formula is C21H23N3O6S. The van der Waals surface area contributed by atoms with Crippen LogP contribution in [0.1, 0.15) is 40.1 Å². The number of anilines is 1. The van der Waals surface area contributed by atoms with Gasteiger partial charge in [0, 0.05) is 18.1 Å². The Morgan fingerprint density at radius 1 is 1.35 bits per heavy atom. The van der Waals surface area contributed by atoms with Gasteiger partial charge in [0.1, 0.15) is 24.2 Å². The average molecular weight is 445 g/mol. The van der Waals surface area contributed by atoms with E-state index in [9.17, 15) is 14.4 Å². The van der Waals surface area contributed by atoms with Crippen LogP contribution in [0.3, 0.4) is 0 Å². The Kier molecular flexibility index (Phi) is 6.19. The molecule has 1 N–H and O–H groups in total. The number of ether oxygens (including phenoxy) is 3. The molecule has 3 heterocycles. The third-order valence-corrected chi connectivity index (χ3v) is 6.14. The van der Waals surface area contributed by atoms with E-state index in [0.717, 1.165) is 0 Å². The lowest BCUT2D eigenvalue weighted by Gasteiger charge is -2.42. The van der Waals surface area contributed by atoms with Crippen molar-refractivity contribution >= 4 is 34.8 Å². The Balaban J connectivity index is 1.52. The Morgan fingerprint density at radius 3 is 2.94 bits per heavy atom. The minimum absolute atomic E-state index is 0.177. The molecule has 4 rings (SSSR count). The maximum atomic E-state index is 13.2. The van der Waals surface area contributed by atoms with E-state index in [1.807, 2.05) is 0 Å². The first-order valence-corrected chi connectivity index (χ1v) is 10.9. The molecule has 2 aliphatic rings.